The van der Waals surface area contributed by atoms with Crippen molar-refractivity contribution < 1.29 is 4.74 Å². The number of methoxy groups -OCH3 is 1. The Bertz CT molecular complexity index is 372. The summed E-state index contributed by atoms with van der Waals surface area (Å²) in [5.74, 6) is 1.43. The van der Waals surface area contributed by atoms with Gasteiger partial charge in [-0.2, -0.15) is 4.98 Å². The van der Waals surface area contributed by atoms with Crippen molar-refractivity contribution in [3.63, 3.8) is 0 Å². The molecule has 1 fully saturated rings. The summed E-state index contributed by atoms with van der Waals surface area (Å²) in [7, 11) is 1.64. The largest absolute Gasteiger partial charge is 0.481 e. The maximum Gasteiger partial charge on any atom is 0.229 e. The van der Waals surface area contributed by atoms with Gasteiger partial charge in [0.15, 0.2) is 0 Å². The molecule has 1 saturated heterocycles. The third kappa shape index (κ3) is 2.29. The van der Waals surface area contributed by atoms with Gasteiger partial charge in [-0.25, -0.2) is 4.98 Å². The summed E-state index contributed by atoms with van der Waals surface area (Å²) in [4.78, 5) is 11.1. The van der Waals surface area contributed by atoms with Crippen LogP contribution in [0.4, 0.5) is 5.95 Å². The molecule has 0 radical (unpaired) electrons. The van der Waals surface area contributed by atoms with Crippen LogP contribution < -0.4 is 9.64 Å². The number of hydrogen-bond donors (Lipinski definition) is 0. The van der Waals surface area contributed by atoms with E-state index in [4.69, 9.17) is 4.74 Å². The lowest BCUT2D eigenvalue weighted by Crippen LogP contribution is -2.32. The molecular weight excluding hydrogens is 270 g/mol. The van der Waals surface area contributed by atoms with E-state index in [1.54, 1.807) is 7.11 Å². The summed E-state index contributed by atoms with van der Waals surface area (Å²) in [6.07, 6.45) is 2.40. The molecule has 0 N–H and O–H groups in total. The molecule has 1 aliphatic rings. The van der Waals surface area contributed by atoms with Crippen molar-refractivity contribution in [1.82, 2.24) is 9.97 Å². The Kier molecular flexibility index (Phi) is 3.63. The number of aromatic nitrogens is 2. The van der Waals surface area contributed by atoms with Crippen LogP contribution in [0.25, 0.3) is 0 Å². The highest BCUT2D eigenvalue weighted by Crippen LogP contribution is 2.25. The average Bonchev–Trinajstić information content (AvgIpc) is 2.76. The lowest BCUT2D eigenvalue weighted by Gasteiger charge is -2.23. The van der Waals surface area contributed by atoms with Crippen LogP contribution in [0.3, 0.4) is 0 Å². The molecule has 1 unspecified atom stereocenters. The first-order valence-electron chi connectivity index (χ1n) is 5.47. The highest BCUT2D eigenvalue weighted by Gasteiger charge is 2.26. The molecule has 0 aliphatic carbocycles. The van der Waals surface area contributed by atoms with Gasteiger partial charge in [-0.05, 0) is 19.8 Å². The summed E-state index contributed by atoms with van der Waals surface area (Å²) in [6, 6.07) is 2.36. The maximum atomic E-state index is 5.17. The van der Waals surface area contributed by atoms with Gasteiger partial charge in [0.1, 0.15) is 0 Å². The summed E-state index contributed by atoms with van der Waals surface area (Å²) in [5.41, 5.74) is 0.946. The smallest absolute Gasteiger partial charge is 0.229 e. The molecule has 88 valence electrons. The van der Waals surface area contributed by atoms with Gasteiger partial charge in [-0.15, -0.1) is 0 Å². The second-order valence-corrected chi connectivity index (χ2v) is 4.64. The fourth-order valence-electron chi connectivity index (χ4n) is 2.02. The zero-order chi connectivity index (χ0) is 11.5. The molecule has 0 aromatic carbocycles. The molecule has 0 spiro atoms. The van der Waals surface area contributed by atoms with E-state index >= 15 is 0 Å². The van der Waals surface area contributed by atoms with Crippen LogP contribution in [-0.4, -0.2) is 35.0 Å². The standard InChI is InChI=1S/C11H16BrN3O/c1-8-6-10(16-2)14-11(13-8)15-5-3-4-9(15)7-12/h6,9H,3-5,7H2,1-2H3. The molecule has 2 rings (SSSR count). The minimum Gasteiger partial charge on any atom is -0.481 e. The van der Waals surface area contributed by atoms with Crippen LogP contribution in [0.5, 0.6) is 5.88 Å². The van der Waals surface area contributed by atoms with Gasteiger partial charge in [-0.1, -0.05) is 15.9 Å². The summed E-state index contributed by atoms with van der Waals surface area (Å²) in [6.45, 7) is 3.00. The molecule has 16 heavy (non-hydrogen) atoms. The molecule has 1 aromatic rings. The summed E-state index contributed by atoms with van der Waals surface area (Å²) < 4.78 is 5.17. The number of halogens is 1. The zero-order valence-electron chi connectivity index (χ0n) is 9.61. The van der Waals surface area contributed by atoms with Crippen molar-refractivity contribution in [1.29, 1.82) is 0 Å². The predicted octanol–water partition coefficient (Wildman–Crippen LogP) is 2.16. The van der Waals surface area contributed by atoms with Gasteiger partial charge in [0, 0.05) is 29.7 Å². The van der Waals surface area contributed by atoms with E-state index in [1.165, 1.54) is 12.8 Å². The van der Waals surface area contributed by atoms with Crippen LogP contribution >= 0.6 is 15.9 Å². The third-order valence-corrected chi connectivity index (χ3v) is 3.59. The quantitative estimate of drug-likeness (QED) is 0.798. The van der Waals surface area contributed by atoms with Gasteiger partial charge in [-0.3, -0.25) is 0 Å². The van der Waals surface area contributed by atoms with Crippen molar-refractivity contribution in [3.8, 4) is 5.88 Å². The molecule has 2 heterocycles. The Morgan fingerprint density at radius 2 is 2.38 bits per heavy atom. The zero-order valence-corrected chi connectivity index (χ0v) is 11.2. The second-order valence-electron chi connectivity index (χ2n) is 4.00. The molecule has 1 atom stereocenters. The number of aryl methyl sites for hydroxylation is 1. The van der Waals surface area contributed by atoms with E-state index in [9.17, 15) is 0 Å². The number of ether oxygens (including phenoxy) is 1. The van der Waals surface area contributed by atoms with Crippen LogP contribution in [0.1, 0.15) is 18.5 Å². The Hall–Kier alpha value is -0.840. The number of hydrogen-bond acceptors (Lipinski definition) is 4. The van der Waals surface area contributed by atoms with E-state index in [1.807, 2.05) is 13.0 Å². The van der Waals surface area contributed by atoms with Gasteiger partial charge < -0.3 is 9.64 Å². The van der Waals surface area contributed by atoms with Crippen molar-refractivity contribution in [2.24, 2.45) is 0 Å². The number of rotatable bonds is 3. The highest BCUT2D eigenvalue weighted by atomic mass is 79.9. The first-order chi connectivity index (χ1) is 7.74. The average molecular weight is 286 g/mol. The van der Waals surface area contributed by atoms with Gasteiger partial charge in [0.25, 0.3) is 0 Å². The fourth-order valence-corrected chi connectivity index (χ4v) is 2.69. The summed E-state index contributed by atoms with van der Waals surface area (Å²) in [5, 5.41) is 0.965. The van der Waals surface area contributed by atoms with E-state index in [0.717, 1.165) is 23.5 Å². The van der Waals surface area contributed by atoms with Crippen LogP contribution in [0.2, 0.25) is 0 Å². The normalized spacial score (nSPS) is 20.2. The molecule has 4 nitrogen and oxygen atoms in total. The first-order valence-corrected chi connectivity index (χ1v) is 6.59. The molecule has 0 bridgehead atoms. The van der Waals surface area contributed by atoms with E-state index in [-0.39, 0.29) is 0 Å². The van der Waals surface area contributed by atoms with E-state index in [2.05, 4.69) is 30.8 Å². The van der Waals surface area contributed by atoms with Crippen molar-refractivity contribution >= 4 is 21.9 Å². The molecule has 1 aliphatic heterocycles. The third-order valence-electron chi connectivity index (χ3n) is 2.84. The Balaban J connectivity index is 2.28. The summed E-state index contributed by atoms with van der Waals surface area (Å²) >= 11 is 3.54. The lowest BCUT2D eigenvalue weighted by molar-refractivity contribution is 0.396. The molecule has 0 amide bonds. The first kappa shape index (κ1) is 11.6. The topological polar surface area (TPSA) is 38.2 Å². The van der Waals surface area contributed by atoms with E-state index < -0.39 is 0 Å². The van der Waals surface area contributed by atoms with Crippen molar-refractivity contribution in [2.75, 3.05) is 23.9 Å². The predicted molar refractivity (Wildman–Crippen MR) is 67.5 cm³/mol. The Morgan fingerprint density at radius 3 is 3.06 bits per heavy atom. The maximum absolute atomic E-state index is 5.17. The minimum atomic E-state index is 0.506. The number of alkyl halides is 1. The Labute approximate surface area is 104 Å². The van der Waals surface area contributed by atoms with Crippen molar-refractivity contribution in [3.05, 3.63) is 11.8 Å². The monoisotopic (exact) mass is 285 g/mol. The Morgan fingerprint density at radius 1 is 1.56 bits per heavy atom. The van der Waals surface area contributed by atoms with Crippen LogP contribution in [-0.2, 0) is 0 Å². The number of nitrogens with zero attached hydrogens (tertiary/aromatic N) is 3. The van der Waals surface area contributed by atoms with Gasteiger partial charge in [0.05, 0.1) is 7.11 Å². The van der Waals surface area contributed by atoms with Crippen LogP contribution in [0.15, 0.2) is 6.07 Å². The molecule has 5 heteroatoms. The SMILES string of the molecule is COc1cc(C)nc(N2CCCC2CBr)n1. The minimum absolute atomic E-state index is 0.506. The highest BCUT2D eigenvalue weighted by molar-refractivity contribution is 9.09. The van der Waals surface area contributed by atoms with Gasteiger partial charge in [0.2, 0.25) is 11.8 Å². The van der Waals surface area contributed by atoms with Gasteiger partial charge >= 0.3 is 0 Å². The van der Waals surface area contributed by atoms with E-state index in [0.29, 0.717) is 11.9 Å². The lowest BCUT2D eigenvalue weighted by atomic mass is 10.2. The van der Waals surface area contributed by atoms with Crippen LogP contribution in [0, 0.1) is 6.92 Å². The number of anilines is 1. The molecule has 0 saturated carbocycles. The molecule has 1 aromatic heterocycles. The van der Waals surface area contributed by atoms with Crippen molar-refractivity contribution in [2.45, 2.75) is 25.8 Å². The molecular formula is C11H16BrN3O. The second kappa shape index (κ2) is 4.99. The fraction of sp³-hybridized carbons (Fsp3) is 0.636.